The van der Waals surface area contributed by atoms with Gasteiger partial charge in [-0.25, -0.2) is 0 Å². The van der Waals surface area contributed by atoms with E-state index in [1.165, 1.54) is 27.8 Å². The first-order valence-corrected chi connectivity index (χ1v) is 11.4. The zero-order chi connectivity index (χ0) is 22.7. The van der Waals surface area contributed by atoms with Crippen LogP contribution < -0.4 is 0 Å². The van der Waals surface area contributed by atoms with Crippen LogP contribution in [0.3, 0.4) is 0 Å². The maximum atomic E-state index is 11.9. The van der Waals surface area contributed by atoms with E-state index in [1.54, 1.807) is 0 Å². The summed E-state index contributed by atoms with van der Waals surface area (Å²) in [5.74, 6) is -0.900. The highest BCUT2D eigenvalue weighted by molar-refractivity contribution is 5.41. The first-order valence-electron chi connectivity index (χ1n) is 11.4. The zero-order valence-corrected chi connectivity index (χ0v) is 20.2. The van der Waals surface area contributed by atoms with Gasteiger partial charge < -0.3 is 14.6 Å². The molecule has 5 unspecified atom stereocenters. The van der Waals surface area contributed by atoms with Crippen molar-refractivity contribution in [2.45, 2.75) is 84.5 Å². The molecule has 2 aliphatic rings. The molecule has 2 fully saturated rings. The van der Waals surface area contributed by atoms with Crippen LogP contribution in [0.1, 0.15) is 65.3 Å². The minimum Gasteiger partial charge on any atom is -0.383 e. The predicted octanol–water partition coefficient (Wildman–Crippen LogP) is 5.01. The summed E-state index contributed by atoms with van der Waals surface area (Å²) in [6, 6.07) is 11.0. The largest absolute Gasteiger partial charge is 0.383 e. The van der Waals surface area contributed by atoms with Crippen LogP contribution in [0.2, 0.25) is 0 Å². The highest BCUT2D eigenvalue weighted by atomic mass is 16.7. The molecule has 2 aromatic carbocycles. The van der Waals surface area contributed by atoms with Gasteiger partial charge in [-0.15, -0.1) is 0 Å². The van der Waals surface area contributed by atoms with Gasteiger partial charge >= 0.3 is 0 Å². The van der Waals surface area contributed by atoms with Crippen molar-refractivity contribution >= 4 is 0 Å². The normalized spacial score (nSPS) is 33.9. The van der Waals surface area contributed by atoms with Gasteiger partial charge in [-0.05, 0) is 94.5 Å². The summed E-state index contributed by atoms with van der Waals surface area (Å²) in [6.45, 7) is 15.1. The summed E-state index contributed by atoms with van der Waals surface area (Å²) in [4.78, 5) is 2.36. The van der Waals surface area contributed by atoms with Crippen LogP contribution in [-0.2, 0) is 15.1 Å². The van der Waals surface area contributed by atoms with Gasteiger partial charge in [-0.1, -0.05) is 30.3 Å². The SMILES string of the molecule is Cc1ccc(C2N(C)C(C)C(C)OC23CC(O)(c2cc(C)c(C)cc2C)CO3)cc1C. The molecule has 0 aromatic heterocycles. The van der Waals surface area contributed by atoms with Gasteiger partial charge in [-0.3, -0.25) is 4.90 Å². The molecule has 2 aliphatic heterocycles. The fraction of sp³-hybridized carbons (Fsp3) is 0.556. The van der Waals surface area contributed by atoms with Crippen LogP contribution in [0.5, 0.6) is 0 Å². The number of ether oxygens (including phenoxy) is 2. The summed E-state index contributed by atoms with van der Waals surface area (Å²) < 4.78 is 13.1. The molecule has 0 bridgehead atoms. The van der Waals surface area contributed by atoms with Crippen molar-refractivity contribution in [3.8, 4) is 0 Å². The molecule has 0 radical (unpaired) electrons. The minimum absolute atomic E-state index is 0.00371. The molecular weight excluding hydrogens is 386 g/mol. The molecule has 1 N–H and O–H groups in total. The van der Waals surface area contributed by atoms with Crippen molar-refractivity contribution in [2.75, 3.05) is 13.7 Å². The highest BCUT2D eigenvalue weighted by Crippen LogP contribution is 2.53. The maximum Gasteiger partial charge on any atom is 0.191 e. The Morgan fingerprint density at radius 2 is 1.55 bits per heavy atom. The highest BCUT2D eigenvalue weighted by Gasteiger charge is 2.60. The molecule has 2 aromatic rings. The molecule has 0 saturated carbocycles. The fourth-order valence-electron chi connectivity index (χ4n) is 5.42. The van der Waals surface area contributed by atoms with Crippen molar-refractivity contribution in [3.05, 3.63) is 69.3 Å². The van der Waals surface area contributed by atoms with Gasteiger partial charge in [0.05, 0.1) is 18.8 Å². The molecule has 4 rings (SSSR count). The average Bonchev–Trinajstić information content (AvgIpc) is 3.03. The first kappa shape index (κ1) is 22.5. The van der Waals surface area contributed by atoms with Gasteiger partial charge in [0, 0.05) is 12.5 Å². The van der Waals surface area contributed by atoms with E-state index in [2.05, 4.69) is 90.7 Å². The van der Waals surface area contributed by atoms with Crippen molar-refractivity contribution < 1.29 is 14.6 Å². The predicted molar refractivity (Wildman–Crippen MR) is 124 cm³/mol. The number of aliphatic hydroxyl groups is 1. The van der Waals surface area contributed by atoms with E-state index in [1.807, 2.05) is 0 Å². The Balaban J connectivity index is 1.79. The van der Waals surface area contributed by atoms with E-state index in [4.69, 9.17) is 9.47 Å². The summed E-state index contributed by atoms with van der Waals surface area (Å²) >= 11 is 0. The zero-order valence-electron chi connectivity index (χ0n) is 20.2. The second-order valence-electron chi connectivity index (χ2n) is 10.0. The average molecular weight is 424 g/mol. The summed E-state index contributed by atoms with van der Waals surface area (Å²) in [5.41, 5.74) is 7.08. The third kappa shape index (κ3) is 3.64. The summed E-state index contributed by atoms with van der Waals surface area (Å²) in [5, 5.41) is 11.9. The molecule has 168 valence electrons. The first-order chi connectivity index (χ1) is 14.5. The van der Waals surface area contributed by atoms with Crippen molar-refractivity contribution in [3.63, 3.8) is 0 Å². The number of hydrogen-bond acceptors (Lipinski definition) is 4. The Kier molecular flexibility index (Phi) is 5.58. The number of nitrogens with zero attached hydrogens (tertiary/aromatic N) is 1. The third-order valence-corrected chi connectivity index (χ3v) is 7.81. The van der Waals surface area contributed by atoms with Gasteiger partial charge in [0.1, 0.15) is 5.60 Å². The smallest absolute Gasteiger partial charge is 0.191 e. The van der Waals surface area contributed by atoms with Crippen LogP contribution >= 0.6 is 0 Å². The summed E-state index contributed by atoms with van der Waals surface area (Å²) in [6.07, 6.45) is 0.401. The van der Waals surface area contributed by atoms with Crippen LogP contribution in [-0.4, -0.2) is 41.6 Å². The lowest BCUT2D eigenvalue weighted by Crippen LogP contribution is -2.59. The van der Waals surface area contributed by atoms with E-state index in [-0.39, 0.29) is 24.8 Å². The van der Waals surface area contributed by atoms with Gasteiger partial charge in [0.2, 0.25) is 0 Å². The molecule has 0 aliphatic carbocycles. The van der Waals surface area contributed by atoms with Crippen LogP contribution in [0.25, 0.3) is 0 Å². The van der Waals surface area contributed by atoms with Gasteiger partial charge in [0.25, 0.3) is 0 Å². The second kappa shape index (κ2) is 7.70. The third-order valence-electron chi connectivity index (χ3n) is 7.81. The van der Waals surface area contributed by atoms with Crippen molar-refractivity contribution in [2.24, 2.45) is 0 Å². The lowest BCUT2D eigenvalue weighted by molar-refractivity contribution is -0.306. The Bertz CT molecular complexity index is 1000. The van der Waals surface area contributed by atoms with Crippen LogP contribution in [0, 0.1) is 34.6 Å². The number of hydrogen-bond donors (Lipinski definition) is 1. The van der Waals surface area contributed by atoms with E-state index < -0.39 is 11.4 Å². The molecular formula is C27H37NO3. The molecule has 0 amide bonds. The Hall–Kier alpha value is -1.72. The van der Waals surface area contributed by atoms with Crippen molar-refractivity contribution in [1.29, 1.82) is 0 Å². The Labute approximate surface area is 187 Å². The topological polar surface area (TPSA) is 41.9 Å². The molecule has 2 saturated heterocycles. The number of rotatable bonds is 2. The number of aryl methyl sites for hydroxylation is 5. The molecule has 2 heterocycles. The van der Waals surface area contributed by atoms with Crippen LogP contribution in [0.4, 0.5) is 0 Å². The van der Waals surface area contributed by atoms with E-state index >= 15 is 0 Å². The summed E-state index contributed by atoms with van der Waals surface area (Å²) in [7, 11) is 2.15. The fourth-order valence-corrected chi connectivity index (χ4v) is 5.42. The van der Waals surface area contributed by atoms with Crippen molar-refractivity contribution in [1.82, 2.24) is 4.90 Å². The Morgan fingerprint density at radius 1 is 0.903 bits per heavy atom. The monoisotopic (exact) mass is 423 g/mol. The van der Waals surface area contributed by atoms with Gasteiger partial charge in [-0.2, -0.15) is 0 Å². The lowest BCUT2D eigenvalue weighted by atomic mass is 9.81. The van der Waals surface area contributed by atoms with E-state index in [9.17, 15) is 5.11 Å². The molecule has 5 atom stereocenters. The number of benzene rings is 2. The van der Waals surface area contributed by atoms with E-state index in [0.717, 1.165) is 11.1 Å². The lowest BCUT2D eigenvalue weighted by Gasteiger charge is -2.52. The number of likely N-dealkylation sites (N-methyl/N-ethyl adjacent to an activating group) is 1. The van der Waals surface area contributed by atoms with Gasteiger partial charge in [0.15, 0.2) is 5.79 Å². The molecule has 4 heteroatoms. The van der Waals surface area contributed by atoms with E-state index in [0.29, 0.717) is 6.42 Å². The van der Waals surface area contributed by atoms with Crippen LogP contribution in [0.15, 0.2) is 30.3 Å². The molecule has 4 nitrogen and oxygen atoms in total. The Morgan fingerprint density at radius 3 is 2.23 bits per heavy atom. The second-order valence-corrected chi connectivity index (χ2v) is 10.0. The quantitative estimate of drug-likeness (QED) is 0.737. The minimum atomic E-state index is -1.08. The maximum absolute atomic E-state index is 11.9. The molecule has 31 heavy (non-hydrogen) atoms. The molecule has 1 spiro atoms. The standard InChI is InChI=1S/C27H37NO3/c1-16-9-10-23(12-18(16)3)25-27(31-22(7)21(6)28(25)8)14-26(29,15-30-27)24-13-19(4)17(2)11-20(24)5/h9-13,21-22,25,29H,14-15H2,1-8H3. The number of morpholine rings is 1.